The van der Waals surface area contributed by atoms with Gasteiger partial charge in [0.05, 0.1) is 21.3 Å². The second-order valence-electron chi connectivity index (χ2n) is 5.14. The quantitative estimate of drug-likeness (QED) is 0.869. The first-order valence-corrected chi connectivity index (χ1v) is 8.72. The van der Waals surface area contributed by atoms with Crippen molar-refractivity contribution in [1.82, 2.24) is 0 Å². The van der Waals surface area contributed by atoms with E-state index < -0.39 is 21.9 Å². The zero-order valence-electron chi connectivity index (χ0n) is 12.3. The molecule has 126 valence electrons. The summed E-state index contributed by atoms with van der Waals surface area (Å²) in [6.07, 6.45) is -0.624. The van der Waals surface area contributed by atoms with Crippen molar-refractivity contribution in [1.29, 1.82) is 0 Å². The summed E-state index contributed by atoms with van der Waals surface area (Å²) in [5.74, 6) is -0.596. The van der Waals surface area contributed by atoms with E-state index in [4.69, 9.17) is 16.3 Å². The summed E-state index contributed by atoms with van der Waals surface area (Å²) in [6.45, 7) is 1.60. The van der Waals surface area contributed by atoms with Gasteiger partial charge in [-0.25, -0.2) is 12.8 Å². The average molecular weight is 371 g/mol. The Bertz CT molecular complexity index is 933. The van der Waals surface area contributed by atoms with Gasteiger partial charge in [-0.15, -0.1) is 0 Å². The second-order valence-corrected chi connectivity index (χ2v) is 7.23. The third-order valence-corrected chi connectivity index (χ3v) is 5.03. The number of halogens is 2. The van der Waals surface area contributed by atoms with Gasteiger partial charge in [-0.05, 0) is 43.3 Å². The largest absolute Gasteiger partial charge is 0.479 e. The van der Waals surface area contributed by atoms with Crippen LogP contribution in [0.3, 0.4) is 0 Å². The van der Waals surface area contributed by atoms with Crippen LogP contribution in [0.4, 0.5) is 15.8 Å². The van der Waals surface area contributed by atoms with E-state index in [-0.39, 0.29) is 21.5 Å². The van der Waals surface area contributed by atoms with Gasteiger partial charge in [0.25, 0.3) is 15.9 Å². The average Bonchev–Trinajstić information content (AvgIpc) is 2.51. The van der Waals surface area contributed by atoms with Crippen LogP contribution >= 0.6 is 11.6 Å². The van der Waals surface area contributed by atoms with E-state index in [2.05, 4.69) is 10.0 Å². The minimum Gasteiger partial charge on any atom is -0.479 e. The molecule has 0 fully saturated rings. The van der Waals surface area contributed by atoms with Crippen molar-refractivity contribution in [2.75, 3.05) is 10.0 Å². The minimum atomic E-state index is -3.96. The lowest BCUT2D eigenvalue weighted by molar-refractivity contribution is -0.122. The lowest BCUT2D eigenvalue weighted by Gasteiger charge is -2.23. The van der Waals surface area contributed by atoms with Gasteiger partial charge in [-0.3, -0.25) is 9.52 Å². The standard InChI is InChI=1S/C15H12ClFN2O4S/c1-8-15(20)18-13-6-9(2-5-14(13)23-8)19-24(21,22)10-3-4-12(17)11(16)7-10/h2-8,19H,1H3,(H,18,20)/t8-/m1/s1. The Morgan fingerprint density at radius 2 is 2.00 bits per heavy atom. The van der Waals surface area contributed by atoms with Gasteiger partial charge in [-0.2, -0.15) is 0 Å². The molecule has 1 amide bonds. The molecule has 1 aliphatic heterocycles. The van der Waals surface area contributed by atoms with E-state index in [0.29, 0.717) is 11.4 Å². The summed E-state index contributed by atoms with van der Waals surface area (Å²) in [5, 5.41) is 2.33. The highest BCUT2D eigenvalue weighted by Gasteiger charge is 2.24. The molecule has 0 bridgehead atoms. The fourth-order valence-electron chi connectivity index (χ4n) is 2.13. The van der Waals surface area contributed by atoms with Crippen LogP contribution in [0.25, 0.3) is 0 Å². The molecule has 1 aliphatic rings. The number of amides is 1. The van der Waals surface area contributed by atoms with E-state index >= 15 is 0 Å². The first-order valence-electron chi connectivity index (χ1n) is 6.86. The predicted molar refractivity (Wildman–Crippen MR) is 87.4 cm³/mol. The maximum atomic E-state index is 13.2. The molecule has 2 N–H and O–H groups in total. The van der Waals surface area contributed by atoms with Crippen LogP contribution in [-0.4, -0.2) is 20.4 Å². The molecule has 0 spiro atoms. The van der Waals surface area contributed by atoms with Crippen LogP contribution in [0.1, 0.15) is 6.92 Å². The molecule has 0 aromatic heterocycles. The van der Waals surface area contributed by atoms with Gasteiger partial charge >= 0.3 is 0 Å². The van der Waals surface area contributed by atoms with Crippen molar-refractivity contribution in [2.45, 2.75) is 17.9 Å². The smallest absolute Gasteiger partial charge is 0.265 e. The number of fused-ring (bicyclic) bond motifs is 1. The molecule has 0 saturated heterocycles. The molecule has 2 aromatic rings. The number of anilines is 2. The number of rotatable bonds is 3. The van der Waals surface area contributed by atoms with Crippen LogP contribution in [0.15, 0.2) is 41.3 Å². The summed E-state index contributed by atoms with van der Waals surface area (Å²) in [6, 6.07) is 7.56. The van der Waals surface area contributed by atoms with E-state index in [0.717, 1.165) is 18.2 Å². The van der Waals surface area contributed by atoms with Gasteiger partial charge in [0, 0.05) is 0 Å². The lowest BCUT2D eigenvalue weighted by Crippen LogP contribution is -2.34. The fraction of sp³-hybridized carbons (Fsp3) is 0.133. The number of benzene rings is 2. The molecule has 0 unspecified atom stereocenters. The zero-order chi connectivity index (χ0) is 17.5. The van der Waals surface area contributed by atoms with E-state index in [9.17, 15) is 17.6 Å². The third-order valence-electron chi connectivity index (χ3n) is 3.36. The Morgan fingerprint density at radius 3 is 2.71 bits per heavy atom. The highest BCUT2D eigenvalue weighted by molar-refractivity contribution is 7.92. The first-order chi connectivity index (χ1) is 11.3. The van der Waals surface area contributed by atoms with E-state index in [1.807, 2.05) is 0 Å². The molecule has 9 heteroatoms. The summed E-state index contributed by atoms with van der Waals surface area (Å²) in [7, 11) is -3.96. The SMILES string of the molecule is C[C@H]1Oc2ccc(NS(=O)(=O)c3ccc(F)c(Cl)c3)cc2NC1=O. The number of ether oxygens (including phenoxy) is 1. The predicted octanol–water partition coefficient (Wildman–Crippen LogP) is 3.00. The molecule has 24 heavy (non-hydrogen) atoms. The van der Waals surface area contributed by atoms with Crippen molar-refractivity contribution < 1.29 is 22.3 Å². The van der Waals surface area contributed by atoms with Gasteiger partial charge in [0.1, 0.15) is 11.6 Å². The third kappa shape index (κ3) is 3.15. The number of hydrogen-bond donors (Lipinski definition) is 2. The first kappa shape index (κ1) is 16.5. The number of carbonyl (C=O) groups is 1. The Balaban J connectivity index is 1.89. The second kappa shape index (κ2) is 5.95. The molecular formula is C15H12ClFN2O4S. The van der Waals surface area contributed by atoms with E-state index in [1.165, 1.54) is 12.1 Å². The topological polar surface area (TPSA) is 84.5 Å². The number of sulfonamides is 1. The Hall–Kier alpha value is -2.32. The molecule has 0 saturated carbocycles. The maximum Gasteiger partial charge on any atom is 0.265 e. The number of nitrogens with one attached hydrogen (secondary N) is 2. The summed E-state index contributed by atoms with van der Waals surface area (Å²) < 4.78 is 45.6. The molecular weight excluding hydrogens is 359 g/mol. The Kier molecular flexibility index (Phi) is 4.10. The fourth-order valence-corrected chi connectivity index (χ4v) is 3.45. The van der Waals surface area contributed by atoms with E-state index in [1.54, 1.807) is 13.0 Å². The molecule has 0 radical (unpaired) electrons. The Labute approximate surface area is 142 Å². The highest BCUT2D eigenvalue weighted by Crippen LogP contribution is 2.33. The van der Waals surface area contributed by atoms with Crippen molar-refractivity contribution in [3.63, 3.8) is 0 Å². The zero-order valence-corrected chi connectivity index (χ0v) is 13.9. The number of hydrogen-bond acceptors (Lipinski definition) is 4. The maximum absolute atomic E-state index is 13.2. The van der Waals surface area contributed by atoms with Crippen LogP contribution in [-0.2, 0) is 14.8 Å². The van der Waals surface area contributed by atoms with Crippen molar-refractivity contribution in [3.8, 4) is 5.75 Å². The highest BCUT2D eigenvalue weighted by atomic mass is 35.5. The monoisotopic (exact) mass is 370 g/mol. The molecule has 6 nitrogen and oxygen atoms in total. The molecule has 1 heterocycles. The minimum absolute atomic E-state index is 0.180. The van der Waals surface area contributed by atoms with Crippen LogP contribution in [0.5, 0.6) is 5.75 Å². The van der Waals surface area contributed by atoms with Gasteiger partial charge in [-0.1, -0.05) is 11.6 Å². The van der Waals surface area contributed by atoms with Crippen LogP contribution in [0.2, 0.25) is 5.02 Å². The molecule has 3 rings (SSSR count). The van der Waals surface area contributed by atoms with Gasteiger partial charge in [0.15, 0.2) is 6.10 Å². The van der Waals surface area contributed by atoms with Crippen LogP contribution in [0, 0.1) is 5.82 Å². The lowest BCUT2D eigenvalue weighted by atomic mass is 10.2. The van der Waals surface area contributed by atoms with Gasteiger partial charge in [0.2, 0.25) is 0 Å². The molecule has 1 atom stereocenters. The van der Waals surface area contributed by atoms with Crippen molar-refractivity contribution >= 4 is 38.9 Å². The molecule has 2 aromatic carbocycles. The Morgan fingerprint density at radius 1 is 1.25 bits per heavy atom. The molecule has 0 aliphatic carbocycles. The number of carbonyl (C=O) groups excluding carboxylic acids is 1. The van der Waals surface area contributed by atoms with Crippen LogP contribution < -0.4 is 14.8 Å². The normalized spacial score (nSPS) is 16.8. The van der Waals surface area contributed by atoms with Crippen molar-refractivity contribution in [2.24, 2.45) is 0 Å². The van der Waals surface area contributed by atoms with Gasteiger partial charge < -0.3 is 10.1 Å². The summed E-state index contributed by atoms with van der Waals surface area (Å²) >= 11 is 5.62. The summed E-state index contributed by atoms with van der Waals surface area (Å²) in [5.41, 5.74) is 0.572. The summed E-state index contributed by atoms with van der Waals surface area (Å²) in [4.78, 5) is 11.4. The van der Waals surface area contributed by atoms with Crippen molar-refractivity contribution in [3.05, 3.63) is 47.2 Å².